The molecular weight excluding hydrogens is 307 g/mol. The molecule has 0 saturated carbocycles. The van der Waals surface area contributed by atoms with Crippen LogP contribution >= 0.6 is 23.2 Å². The standard InChI is InChI=1S/C16H14Cl2N2O/c17-13-8-11(9-19-15(13)18)16(21)20-14-7-3-5-10-4-1-2-6-12(10)14/h1-2,4,6,8-9,14H,3,5,7H2,(H,20,21)/t14-/m1/s1. The van der Waals surface area contributed by atoms with Gasteiger partial charge in [0.1, 0.15) is 5.15 Å². The monoisotopic (exact) mass is 320 g/mol. The van der Waals surface area contributed by atoms with E-state index in [0.717, 1.165) is 19.3 Å². The fraction of sp³-hybridized carbons (Fsp3) is 0.250. The maximum atomic E-state index is 12.3. The van der Waals surface area contributed by atoms with Crippen molar-refractivity contribution >= 4 is 29.1 Å². The summed E-state index contributed by atoms with van der Waals surface area (Å²) in [6, 6.07) is 9.81. The fourth-order valence-electron chi connectivity index (χ4n) is 2.69. The second-order valence-electron chi connectivity index (χ2n) is 5.11. The Morgan fingerprint density at radius 1 is 1.29 bits per heavy atom. The Kier molecular flexibility index (Phi) is 4.13. The highest BCUT2D eigenvalue weighted by Crippen LogP contribution is 2.29. The van der Waals surface area contributed by atoms with E-state index in [2.05, 4.69) is 22.4 Å². The van der Waals surface area contributed by atoms with Gasteiger partial charge in [0.15, 0.2) is 0 Å². The van der Waals surface area contributed by atoms with E-state index < -0.39 is 0 Å². The van der Waals surface area contributed by atoms with E-state index in [1.165, 1.54) is 17.3 Å². The minimum Gasteiger partial charge on any atom is -0.345 e. The van der Waals surface area contributed by atoms with Crippen molar-refractivity contribution in [3.05, 3.63) is 63.4 Å². The number of carbonyl (C=O) groups is 1. The van der Waals surface area contributed by atoms with Crippen molar-refractivity contribution in [3.63, 3.8) is 0 Å². The molecule has 1 N–H and O–H groups in total. The molecule has 0 saturated heterocycles. The number of hydrogen-bond donors (Lipinski definition) is 1. The number of amides is 1. The molecule has 5 heteroatoms. The van der Waals surface area contributed by atoms with Crippen LogP contribution in [-0.2, 0) is 6.42 Å². The van der Waals surface area contributed by atoms with Gasteiger partial charge in [0.25, 0.3) is 5.91 Å². The summed E-state index contributed by atoms with van der Waals surface area (Å²) in [5, 5.41) is 3.55. The first-order valence-electron chi connectivity index (χ1n) is 6.85. The van der Waals surface area contributed by atoms with E-state index in [-0.39, 0.29) is 22.1 Å². The normalized spacial score (nSPS) is 17.1. The average molecular weight is 321 g/mol. The number of aromatic nitrogens is 1. The first kappa shape index (κ1) is 14.4. The predicted octanol–water partition coefficient (Wildman–Crippen LogP) is 4.20. The first-order chi connectivity index (χ1) is 10.1. The maximum Gasteiger partial charge on any atom is 0.253 e. The summed E-state index contributed by atoms with van der Waals surface area (Å²) in [7, 11) is 0. The number of aryl methyl sites for hydroxylation is 1. The molecule has 1 aliphatic rings. The molecule has 0 unspecified atom stereocenters. The van der Waals surface area contributed by atoms with Crippen LogP contribution in [0.2, 0.25) is 10.2 Å². The third kappa shape index (κ3) is 3.04. The summed E-state index contributed by atoms with van der Waals surface area (Å²) < 4.78 is 0. The molecular formula is C16H14Cl2N2O. The Morgan fingerprint density at radius 3 is 2.90 bits per heavy atom. The van der Waals surface area contributed by atoms with Gasteiger partial charge in [-0.15, -0.1) is 0 Å². The third-order valence-electron chi connectivity index (χ3n) is 3.73. The first-order valence-corrected chi connectivity index (χ1v) is 7.60. The van der Waals surface area contributed by atoms with Gasteiger partial charge in [0.05, 0.1) is 16.6 Å². The molecule has 0 radical (unpaired) electrons. The Bertz CT molecular complexity index is 688. The summed E-state index contributed by atoms with van der Waals surface area (Å²) in [6.45, 7) is 0. The van der Waals surface area contributed by atoms with Crippen LogP contribution in [0.3, 0.4) is 0 Å². The van der Waals surface area contributed by atoms with Gasteiger partial charge in [0.2, 0.25) is 0 Å². The van der Waals surface area contributed by atoms with Crippen LogP contribution in [0, 0.1) is 0 Å². The summed E-state index contributed by atoms with van der Waals surface area (Å²) in [6.07, 6.45) is 4.52. The molecule has 0 spiro atoms. The number of carbonyl (C=O) groups excluding carboxylic acids is 1. The number of benzene rings is 1. The van der Waals surface area contributed by atoms with E-state index in [9.17, 15) is 4.79 Å². The number of nitrogens with zero attached hydrogens (tertiary/aromatic N) is 1. The van der Waals surface area contributed by atoms with Crippen LogP contribution in [0.4, 0.5) is 0 Å². The molecule has 108 valence electrons. The summed E-state index contributed by atoms with van der Waals surface area (Å²) in [5.74, 6) is -0.178. The van der Waals surface area contributed by atoms with Gasteiger partial charge in [-0.2, -0.15) is 0 Å². The number of rotatable bonds is 2. The molecule has 1 aromatic carbocycles. The highest BCUT2D eigenvalue weighted by molar-refractivity contribution is 6.41. The highest BCUT2D eigenvalue weighted by atomic mass is 35.5. The second kappa shape index (κ2) is 6.04. The maximum absolute atomic E-state index is 12.3. The molecule has 1 amide bonds. The van der Waals surface area contributed by atoms with Gasteiger partial charge in [-0.3, -0.25) is 4.79 Å². The Hall–Kier alpha value is -1.58. The van der Waals surface area contributed by atoms with Crippen LogP contribution in [0.15, 0.2) is 36.5 Å². The fourth-order valence-corrected chi connectivity index (χ4v) is 2.96. The number of pyridine rings is 1. The highest BCUT2D eigenvalue weighted by Gasteiger charge is 2.22. The molecule has 2 aromatic rings. The minimum absolute atomic E-state index is 0.0388. The zero-order valence-electron chi connectivity index (χ0n) is 11.3. The van der Waals surface area contributed by atoms with E-state index >= 15 is 0 Å². The van der Waals surface area contributed by atoms with E-state index in [0.29, 0.717) is 5.56 Å². The minimum atomic E-state index is -0.178. The third-order valence-corrected chi connectivity index (χ3v) is 4.42. The van der Waals surface area contributed by atoms with Crippen LogP contribution in [0.25, 0.3) is 0 Å². The molecule has 1 atom stereocenters. The number of halogens is 2. The zero-order valence-corrected chi connectivity index (χ0v) is 12.8. The quantitative estimate of drug-likeness (QED) is 0.843. The molecule has 3 rings (SSSR count). The number of fused-ring (bicyclic) bond motifs is 1. The van der Waals surface area contributed by atoms with Crippen molar-refractivity contribution in [2.45, 2.75) is 25.3 Å². The summed E-state index contributed by atoms with van der Waals surface area (Å²) in [4.78, 5) is 16.2. The Balaban J connectivity index is 1.81. The molecule has 1 heterocycles. The Labute approximate surface area is 133 Å². The van der Waals surface area contributed by atoms with Crippen molar-refractivity contribution in [1.82, 2.24) is 10.3 Å². The topological polar surface area (TPSA) is 42.0 Å². The van der Waals surface area contributed by atoms with Crippen molar-refractivity contribution < 1.29 is 4.79 Å². The van der Waals surface area contributed by atoms with Gasteiger partial charge in [-0.1, -0.05) is 47.5 Å². The predicted molar refractivity (Wildman–Crippen MR) is 83.8 cm³/mol. The van der Waals surface area contributed by atoms with Gasteiger partial charge in [0, 0.05) is 6.20 Å². The number of nitrogens with one attached hydrogen (secondary N) is 1. The molecule has 0 fully saturated rings. The lowest BCUT2D eigenvalue weighted by molar-refractivity contribution is 0.0932. The van der Waals surface area contributed by atoms with Crippen LogP contribution in [0.1, 0.15) is 40.4 Å². The van der Waals surface area contributed by atoms with Crippen molar-refractivity contribution in [3.8, 4) is 0 Å². The van der Waals surface area contributed by atoms with Gasteiger partial charge < -0.3 is 5.32 Å². The van der Waals surface area contributed by atoms with E-state index in [1.807, 2.05) is 12.1 Å². The summed E-state index contributed by atoms with van der Waals surface area (Å²) in [5.41, 5.74) is 2.93. The molecule has 0 bridgehead atoms. The smallest absolute Gasteiger partial charge is 0.253 e. The lowest BCUT2D eigenvalue weighted by atomic mass is 9.87. The second-order valence-corrected chi connectivity index (χ2v) is 5.88. The molecule has 3 nitrogen and oxygen atoms in total. The van der Waals surface area contributed by atoms with Crippen LogP contribution < -0.4 is 5.32 Å². The van der Waals surface area contributed by atoms with E-state index in [1.54, 1.807) is 6.07 Å². The van der Waals surface area contributed by atoms with Crippen LogP contribution in [0.5, 0.6) is 0 Å². The lowest BCUT2D eigenvalue weighted by Crippen LogP contribution is -2.31. The SMILES string of the molecule is O=C(N[C@@H]1CCCc2ccccc21)c1cnc(Cl)c(Cl)c1. The molecule has 0 aliphatic heterocycles. The van der Waals surface area contributed by atoms with Crippen molar-refractivity contribution in [2.75, 3.05) is 0 Å². The van der Waals surface area contributed by atoms with Crippen molar-refractivity contribution in [1.29, 1.82) is 0 Å². The average Bonchev–Trinajstić information content (AvgIpc) is 2.50. The van der Waals surface area contributed by atoms with Gasteiger partial charge >= 0.3 is 0 Å². The summed E-state index contributed by atoms with van der Waals surface area (Å²) >= 11 is 11.7. The largest absolute Gasteiger partial charge is 0.345 e. The molecule has 1 aromatic heterocycles. The van der Waals surface area contributed by atoms with Crippen molar-refractivity contribution in [2.24, 2.45) is 0 Å². The molecule has 21 heavy (non-hydrogen) atoms. The number of hydrogen-bond acceptors (Lipinski definition) is 2. The van der Waals surface area contributed by atoms with Gasteiger partial charge in [-0.25, -0.2) is 4.98 Å². The van der Waals surface area contributed by atoms with Gasteiger partial charge in [-0.05, 0) is 36.5 Å². The van der Waals surface area contributed by atoms with E-state index in [4.69, 9.17) is 23.2 Å². The zero-order chi connectivity index (χ0) is 14.8. The van der Waals surface area contributed by atoms with Crippen LogP contribution in [-0.4, -0.2) is 10.9 Å². The lowest BCUT2D eigenvalue weighted by Gasteiger charge is -2.26. The molecule has 1 aliphatic carbocycles. The Morgan fingerprint density at radius 2 is 2.10 bits per heavy atom.